The highest BCUT2D eigenvalue weighted by molar-refractivity contribution is 5.78. The van der Waals surface area contributed by atoms with E-state index in [2.05, 4.69) is 5.32 Å². The molecular weight excluding hydrogens is 252 g/mol. The van der Waals surface area contributed by atoms with Crippen LogP contribution in [0.25, 0.3) is 0 Å². The number of hydrogen-bond acceptors (Lipinski definition) is 3. The molecule has 0 unspecified atom stereocenters. The molecule has 0 bridgehead atoms. The van der Waals surface area contributed by atoms with Crippen molar-refractivity contribution in [3.8, 4) is 0 Å². The first-order chi connectivity index (χ1) is 9.70. The maximum Gasteiger partial charge on any atom is 0.223 e. The van der Waals surface area contributed by atoms with Crippen LogP contribution in [0.2, 0.25) is 0 Å². The molecule has 110 valence electrons. The number of hydrogen-bond donors (Lipinski definition) is 2. The van der Waals surface area contributed by atoms with E-state index < -0.39 is 0 Å². The number of methoxy groups -OCH3 is 1. The van der Waals surface area contributed by atoms with Crippen LogP contribution < -0.4 is 11.1 Å². The summed E-state index contributed by atoms with van der Waals surface area (Å²) in [5.74, 6) is 0.286. The van der Waals surface area contributed by atoms with E-state index in [4.69, 9.17) is 10.5 Å². The van der Waals surface area contributed by atoms with Gasteiger partial charge in [-0.15, -0.1) is 0 Å². The number of carbonyl (C=O) groups is 1. The third-order valence-corrected chi connectivity index (χ3v) is 4.01. The number of amides is 1. The van der Waals surface area contributed by atoms with Crippen LogP contribution in [-0.2, 0) is 22.7 Å². The molecule has 4 heteroatoms. The van der Waals surface area contributed by atoms with Gasteiger partial charge in [-0.3, -0.25) is 4.79 Å². The van der Waals surface area contributed by atoms with Crippen molar-refractivity contribution in [3.63, 3.8) is 0 Å². The molecule has 2 rings (SSSR count). The van der Waals surface area contributed by atoms with Crippen LogP contribution in [0.15, 0.2) is 24.3 Å². The summed E-state index contributed by atoms with van der Waals surface area (Å²) < 4.78 is 5.18. The molecule has 1 saturated carbocycles. The number of ether oxygens (including phenoxy) is 1. The molecule has 1 aliphatic rings. The number of carbonyl (C=O) groups excluding carboxylic acids is 1. The lowest BCUT2D eigenvalue weighted by Gasteiger charge is -2.25. The molecule has 0 aliphatic heterocycles. The average molecular weight is 276 g/mol. The van der Waals surface area contributed by atoms with E-state index in [9.17, 15) is 4.79 Å². The fraction of sp³-hybridized carbons (Fsp3) is 0.562. The van der Waals surface area contributed by atoms with Crippen LogP contribution in [-0.4, -0.2) is 19.1 Å². The zero-order valence-corrected chi connectivity index (χ0v) is 12.1. The van der Waals surface area contributed by atoms with Gasteiger partial charge in [-0.25, -0.2) is 0 Å². The molecular formula is C16H24N2O2. The number of nitrogens with one attached hydrogen (secondary N) is 1. The molecule has 1 aliphatic carbocycles. The van der Waals surface area contributed by atoms with Crippen LogP contribution in [0.5, 0.6) is 0 Å². The Morgan fingerprint density at radius 3 is 2.55 bits per heavy atom. The Labute approximate surface area is 120 Å². The second-order valence-electron chi connectivity index (χ2n) is 5.53. The summed E-state index contributed by atoms with van der Waals surface area (Å²) in [6, 6.07) is 8.32. The average Bonchev–Trinajstić information content (AvgIpc) is 2.47. The summed E-state index contributed by atoms with van der Waals surface area (Å²) in [5.41, 5.74) is 8.12. The lowest BCUT2D eigenvalue weighted by Crippen LogP contribution is -2.36. The summed E-state index contributed by atoms with van der Waals surface area (Å²) in [6.45, 7) is 1.14. The predicted octanol–water partition coefficient (Wildman–Crippen LogP) is 1.97. The highest BCUT2D eigenvalue weighted by atomic mass is 16.5. The highest BCUT2D eigenvalue weighted by Crippen LogP contribution is 2.23. The molecule has 4 nitrogen and oxygen atoms in total. The van der Waals surface area contributed by atoms with Crippen LogP contribution in [0.1, 0.15) is 36.8 Å². The third kappa shape index (κ3) is 4.05. The van der Waals surface area contributed by atoms with Gasteiger partial charge in [-0.1, -0.05) is 24.3 Å². The van der Waals surface area contributed by atoms with E-state index >= 15 is 0 Å². The van der Waals surface area contributed by atoms with Gasteiger partial charge in [0, 0.05) is 25.6 Å². The Balaban J connectivity index is 1.87. The number of benzene rings is 1. The minimum Gasteiger partial charge on any atom is -0.380 e. The van der Waals surface area contributed by atoms with Gasteiger partial charge in [-0.2, -0.15) is 0 Å². The van der Waals surface area contributed by atoms with Crippen molar-refractivity contribution in [1.29, 1.82) is 0 Å². The zero-order chi connectivity index (χ0) is 14.4. The monoisotopic (exact) mass is 276 g/mol. The van der Waals surface area contributed by atoms with E-state index in [-0.39, 0.29) is 17.9 Å². The minimum absolute atomic E-state index is 0.129. The SMILES string of the molecule is COCc1ccccc1CNC(=O)C1CCC(N)CC1. The number of rotatable bonds is 5. The Bertz CT molecular complexity index is 440. The van der Waals surface area contributed by atoms with E-state index in [1.807, 2.05) is 24.3 Å². The lowest BCUT2D eigenvalue weighted by atomic mass is 9.86. The van der Waals surface area contributed by atoms with E-state index in [0.717, 1.165) is 36.8 Å². The first-order valence-corrected chi connectivity index (χ1v) is 7.29. The van der Waals surface area contributed by atoms with Crippen molar-refractivity contribution >= 4 is 5.91 Å². The molecule has 1 aromatic rings. The Morgan fingerprint density at radius 2 is 1.90 bits per heavy atom. The van der Waals surface area contributed by atoms with Gasteiger partial charge in [0.15, 0.2) is 0 Å². The van der Waals surface area contributed by atoms with Crippen molar-refractivity contribution in [2.24, 2.45) is 11.7 Å². The highest BCUT2D eigenvalue weighted by Gasteiger charge is 2.24. The normalized spacial score (nSPS) is 22.5. The maximum absolute atomic E-state index is 12.2. The van der Waals surface area contributed by atoms with Crippen LogP contribution >= 0.6 is 0 Å². The van der Waals surface area contributed by atoms with Crippen molar-refractivity contribution in [2.75, 3.05) is 7.11 Å². The molecule has 0 radical (unpaired) electrons. The maximum atomic E-state index is 12.2. The molecule has 0 saturated heterocycles. The van der Waals surface area contributed by atoms with E-state index in [1.165, 1.54) is 0 Å². The summed E-state index contributed by atoms with van der Waals surface area (Å²) in [6.07, 6.45) is 3.73. The quantitative estimate of drug-likeness (QED) is 0.864. The third-order valence-electron chi connectivity index (χ3n) is 4.01. The molecule has 0 spiro atoms. The van der Waals surface area contributed by atoms with Gasteiger partial charge in [0.1, 0.15) is 0 Å². The number of nitrogens with two attached hydrogens (primary N) is 1. The second kappa shape index (κ2) is 7.41. The minimum atomic E-state index is 0.129. The van der Waals surface area contributed by atoms with Crippen LogP contribution in [0.4, 0.5) is 0 Å². The lowest BCUT2D eigenvalue weighted by molar-refractivity contribution is -0.126. The van der Waals surface area contributed by atoms with E-state index in [0.29, 0.717) is 13.2 Å². The topological polar surface area (TPSA) is 64.3 Å². The predicted molar refractivity (Wildman–Crippen MR) is 78.9 cm³/mol. The van der Waals surface area contributed by atoms with Gasteiger partial charge in [0.2, 0.25) is 5.91 Å². The van der Waals surface area contributed by atoms with Crippen LogP contribution in [0, 0.1) is 5.92 Å². The molecule has 1 aromatic carbocycles. The summed E-state index contributed by atoms with van der Waals surface area (Å²) in [5, 5.41) is 3.05. The molecule has 3 N–H and O–H groups in total. The van der Waals surface area contributed by atoms with Gasteiger partial charge < -0.3 is 15.8 Å². The van der Waals surface area contributed by atoms with Gasteiger partial charge in [0.05, 0.1) is 6.61 Å². The second-order valence-corrected chi connectivity index (χ2v) is 5.53. The first kappa shape index (κ1) is 15.0. The Kier molecular flexibility index (Phi) is 5.56. The molecule has 0 aromatic heterocycles. The van der Waals surface area contributed by atoms with Gasteiger partial charge in [0.25, 0.3) is 0 Å². The van der Waals surface area contributed by atoms with Gasteiger partial charge in [-0.05, 0) is 36.8 Å². The van der Waals surface area contributed by atoms with Crippen molar-refractivity contribution in [2.45, 2.75) is 44.9 Å². The van der Waals surface area contributed by atoms with Gasteiger partial charge >= 0.3 is 0 Å². The Hall–Kier alpha value is -1.39. The Morgan fingerprint density at radius 1 is 1.25 bits per heavy atom. The summed E-state index contributed by atoms with van der Waals surface area (Å²) in [7, 11) is 1.68. The molecule has 20 heavy (non-hydrogen) atoms. The standard InChI is InChI=1S/C16H24N2O2/c1-20-11-14-5-3-2-4-13(14)10-18-16(19)12-6-8-15(17)9-7-12/h2-5,12,15H,6-11,17H2,1H3,(H,18,19). The molecule has 0 heterocycles. The van der Waals surface area contributed by atoms with E-state index in [1.54, 1.807) is 7.11 Å². The first-order valence-electron chi connectivity index (χ1n) is 7.29. The van der Waals surface area contributed by atoms with Crippen molar-refractivity contribution in [3.05, 3.63) is 35.4 Å². The molecule has 0 atom stereocenters. The largest absolute Gasteiger partial charge is 0.380 e. The molecule has 1 fully saturated rings. The summed E-state index contributed by atoms with van der Waals surface area (Å²) >= 11 is 0. The molecule has 1 amide bonds. The smallest absolute Gasteiger partial charge is 0.223 e. The fourth-order valence-corrected chi connectivity index (χ4v) is 2.73. The zero-order valence-electron chi connectivity index (χ0n) is 12.1. The van der Waals surface area contributed by atoms with Crippen molar-refractivity contribution < 1.29 is 9.53 Å². The van der Waals surface area contributed by atoms with Crippen molar-refractivity contribution in [1.82, 2.24) is 5.32 Å². The van der Waals surface area contributed by atoms with Crippen LogP contribution in [0.3, 0.4) is 0 Å². The summed E-state index contributed by atoms with van der Waals surface area (Å²) in [4.78, 5) is 12.2. The fourth-order valence-electron chi connectivity index (χ4n) is 2.73.